The van der Waals surface area contributed by atoms with E-state index in [1.165, 1.54) is 12.1 Å². The number of ether oxygens (including phenoxy) is 1. The molecule has 0 unspecified atom stereocenters. The standard InChI is InChI=1S/C16H12Cl2N2O3/c1-9-11-5-6-19(14(11)3-4-15(9)23-2)16-12(17)7-10(20(21)22)8-13(16)18/h3-8H,1-2H3. The zero-order valence-corrected chi connectivity index (χ0v) is 13.9. The molecule has 0 bridgehead atoms. The summed E-state index contributed by atoms with van der Waals surface area (Å²) >= 11 is 12.5. The van der Waals surface area contributed by atoms with E-state index >= 15 is 0 Å². The molecule has 0 aliphatic carbocycles. The first-order valence-electron chi connectivity index (χ1n) is 6.72. The van der Waals surface area contributed by atoms with Gasteiger partial charge < -0.3 is 9.30 Å². The Balaban J connectivity index is 2.26. The number of non-ortho nitro benzene ring substituents is 1. The molecule has 1 heterocycles. The van der Waals surface area contributed by atoms with Gasteiger partial charge in [-0.25, -0.2) is 0 Å². The Morgan fingerprint density at radius 1 is 1.17 bits per heavy atom. The number of methoxy groups -OCH3 is 1. The predicted octanol–water partition coefficient (Wildman–Crippen LogP) is 5.16. The summed E-state index contributed by atoms with van der Waals surface area (Å²) in [4.78, 5) is 10.4. The Kier molecular flexibility index (Phi) is 3.92. The molecule has 3 rings (SSSR count). The number of nitro groups is 1. The smallest absolute Gasteiger partial charge is 0.272 e. The van der Waals surface area contributed by atoms with Crippen LogP contribution in [0.2, 0.25) is 10.0 Å². The highest BCUT2D eigenvalue weighted by atomic mass is 35.5. The minimum atomic E-state index is -0.523. The van der Waals surface area contributed by atoms with E-state index in [2.05, 4.69) is 0 Å². The van der Waals surface area contributed by atoms with Gasteiger partial charge in [0, 0.05) is 29.3 Å². The first-order valence-corrected chi connectivity index (χ1v) is 7.48. The summed E-state index contributed by atoms with van der Waals surface area (Å²) in [5.74, 6) is 0.788. The predicted molar refractivity (Wildman–Crippen MR) is 91.2 cm³/mol. The molecule has 0 aliphatic rings. The highest BCUT2D eigenvalue weighted by Crippen LogP contribution is 2.37. The molecule has 0 saturated carbocycles. The lowest BCUT2D eigenvalue weighted by atomic mass is 10.1. The van der Waals surface area contributed by atoms with E-state index in [9.17, 15) is 10.1 Å². The van der Waals surface area contributed by atoms with Crippen LogP contribution >= 0.6 is 23.2 Å². The Morgan fingerprint density at radius 2 is 1.83 bits per heavy atom. The van der Waals surface area contributed by atoms with Crippen LogP contribution < -0.4 is 4.74 Å². The number of hydrogen-bond acceptors (Lipinski definition) is 3. The van der Waals surface area contributed by atoms with Crippen LogP contribution in [0.4, 0.5) is 5.69 Å². The summed E-state index contributed by atoms with van der Waals surface area (Å²) < 4.78 is 7.14. The largest absolute Gasteiger partial charge is 0.496 e. The Morgan fingerprint density at radius 3 is 2.39 bits per heavy atom. The average Bonchev–Trinajstić information content (AvgIpc) is 2.91. The summed E-state index contributed by atoms with van der Waals surface area (Å²) in [5.41, 5.74) is 2.26. The van der Waals surface area contributed by atoms with E-state index in [-0.39, 0.29) is 15.7 Å². The summed E-state index contributed by atoms with van der Waals surface area (Å²) in [5, 5.41) is 12.3. The molecule has 0 radical (unpaired) electrons. The minimum Gasteiger partial charge on any atom is -0.496 e. The topological polar surface area (TPSA) is 57.3 Å². The number of benzene rings is 2. The van der Waals surface area contributed by atoms with Crippen molar-refractivity contribution in [3.8, 4) is 11.4 Å². The fourth-order valence-electron chi connectivity index (χ4n) is 2.65. The van der Waals surface area contributed by atoms with E-state index in [4.69, 9.17) is 27.9 Å². The second-order valence-electron chi connectivity index (χ2n) is 5.03. The number of nitrogens with zero attached hydrogens (tertiary/aromatic N) is 2. The highest BCUT2D eigenvalue weighted by molar-refractivity contribution is 6.38. The molecule has 1 aromatic heterocycles. The fraction of sp³-hybridized carbons (Fsp3) is 0.125. The number of aromatic nitrogens is 1. The van der Waals surface area contributed by atoms with E-state index < -0.39 is 4.92 Å². The number of fused-ring (bicyclic) bond motifs is 1. The monoisotopic (exact) mass is 350 g/mol. The number of nitro benzene ring substituents is 1. The lowest BCUT2D eigenvalue weighted by molar-refractivity contribution is -0.384. The van der Waals surface area contributed by atoms with Crippen molar-refractivity contribution < 1.29 is 9.66 Å². The van der Waals surface area contributed by atoms with E-state index in [1.54, 1.807) is 7.11 Å². The molecular weight excluding hydrogens is 339 g/mol. The van der Waals surface area contributed by atoms with Crippen LogP contribution in [0.15, 0.2) is 36.5 Å². The van der Waals surface area contributed by atoms with Crippen molar-refractivity contribution in [2.45, 2.75) is 6.92 Å². The van der Waals surface area contributed by atoms with Crippen LogP contribution in [0.5, 0.6) is 5.75 Å². The molecule has 0 spiro atoms. The third-order valence-electron chi connectivity index (χ3n) is 3.77. The molecule has 0 amide bonds. The maximum Gasteiger partial charge on any atom is 0.272 e. The van der Waals surface area contributed by atoms with Crippen molar-refractivity contribution in [3.63, 3.8) is 0 Å². The first-order chi connectivity index (χ1) is 10.9. The summed E-state index contributed by atoms with van der Waals surface area (Å²) in [6.07, 6.45) is 1.83. The van der Waals surface area contributed by atoms with E-state index in [1.807, 2.05) is 35.9 Å². The maximum absolute atomic E-state index is 10.9. The van der Waals surface area contributed by atoms with Crippen LogP contribution in [0, 0.1) is 17.0 Å². The van der Waals surface area contributed by atoms with Crippen LogP contribution in [0.1, 0.15) is 5.56 Å². The van der Waals surface area contributed by atoms with Gasteiger partial charge in [-0.1, -0.05) is 23.2 Å². The molecule has 0 fully saturated rings. The molecular formula is C16H12Cl2N2O3. The van der Waals surface area contributed by atoms with Gasteiger partial charge in [-0.3, -0.25) is 10.1 Å². The molecule has 23 heavy (non-hydrogen) atoms. The molecule has 7 heteroatoms. The summed E-state index contributed by atoms with van der Waals surface area (Å²) in [7, 11) is 1.62. The van der Waals surface area contributed by atoms with Gasteiger partial charge >= 0.3 is 0 Å². The van der Waals surface area contributed by atoms with Gasteiger partial charge in [0.25, 0.3) is 5.69 Å². The van der Waals surface area contributed by atoms with Crippen LogP contribution in [0.25, 0.3) is 16.6 Å². The molecule has 118 valence electrons. The van der Waals surface area contributed by atoms with Crippen LogP contribution in [0.3, 0.4) is 0 Å². The average molecular weight is 351 g/mol. The van der Waals surface area contributed by atoms with Gasteiger partial charge in [0.1, 0.15) is 5.75 Å². The highest BCUT2D eigenvalue weighted by Gasteiger charge is 2.18. The normalized spacial score (nSPS) is 11.0. The zero-order valence-electron chi connectivity index (χ0n) is 12.3. The van der Waals surface area contributed by atoms with Gasteiger partial charge in [0.2, 0.25) is 0 Å². The van der Waals surface area contributed by atoms with E-state index in [0.717, 1.165) is 22.2 Å². The Labute approximate surface area is 142 Å². The molecule has 3 aromatic rings. The molecule has 0 N–H and O–H groups in total. The van der Waals surface area contributed by atoms with Gasteiger partial charge in [-0.15, -0.1) is 0 Å². The van der Waals surface area contributed by atoms with E-state index in [0.29, 0.717) is 5.69 Å². The SMILES string of the molecule is COc1ccc2c(ccn2-c2c(Cl)cc([N+](=O)[O-])cc2Cl)c1C. The lowest BCUT2D eigenvalue weighted by Gasteiger charge is -2.11. The Bertz CT molecular complexity index is 911. The van der Waals surface area contributed by atoms with Crippen molar-refractivity contribution in [3.05, 3.63) is 62.3 Å². The van der Waals surface area contributed by atoms with Gasteiger partial charge in [0.15, 0.2) is 0 Å². The quantitative estimate of drug-likeness (QED) is 0.484. The third-order valence-corrected chi connectivity index (χ3v) is 4.34. The number of aryl methyl sites for hydroxylation is 1. The van der Waals surface area contributed by atoms with Gasteiger partial charge in [0.05, 0.1) is 33.3 Å². The van der Waals surface area contributed by atoms with Crippen molar-refractivity contribution in [1.29, 1.82) is 0 Å². The lowest BCUT2D eigenvalue weighted by Crippen LogP contribution is -1.97. The Hall–Kier alpha value is -2.24. The number of hydrogen-bond donors (Lipinski definition) is 0. The van der Waals surface area contributed by atoms with Crippen LogP contribution in [-0.2, 0) is 0 Å². The molecule has 5 nitrogen and oxygen atoms in total. The zero-order chi connectivity index (χ0) is 16.7. The molecule has 0 atom stereocenters. The van der Waals surface area contributed by atoms with Crippen molar-refractivity contribution >= 4 is 39.8 Å². The first kappa shape index (κ1) is 15.6. The third kappa shape index (κ3) is 2.52. The fourth-order valence-corrected chi connectivity index (χ4v) is 3.31. The molecule has 0 saturated heterocycles. The van der Waals surface area contributed by atoms with Crippen molar-refractivity contribution in [2.75, 3.05) is 7.11 Å². The number of halogens is 2. The second kappa shape index (κ2) is 5.76. The second-order valence-corrected chi connectivity index (χ2v) is 5.84. The van der Waals surface area contributed by atoms with Gasteiger partial charge in [-0.05, 0) is 25.1 Å². The van der Waals surface area contributed by atoms with Crippen molar-refractivity contribution in [1.82, 2.24) is 4.57 Å². The maximum atomic E-state index is 10.9. The minimum absolute atomic E-state index is 0.141. The number of rotatable bonds is 3. The van der Waals surface area contributed by atoms with Crippen LogP contribution in [-0.4, -0.2) is 16.6 Å². The molecule has 0 aliphatic heterocycles. The van der Waals surface area contributed by atoms with Crippen molar-refractivity contribution in [2.24, 2.45) is 0 Å². The summed E-state index contributed by atoms with van der Waals surface area (Å²) in [6, 6.07) is 8.29. The van der Waals surface area contributed by atoms with Gasteiger partial charge in [-0.2, -0.15) is 0 Å². The molecule has 2 aromatic carbocycles. The summed E-state index contributed by atoms with van der Waals surface area (Å²) in [6.45, 7) is 1.96.